The highest BCUT2D eigenvalue weighted by Crippen LogP contribution is 2.20. The normalized spacial score (nSPS) is 15.6. The summed E-state index contributed by atoms with van der Waals surface area (Å²) in [6.07, 6.45) is 0. The summed E-state index contributed by atoms with van der Waals surface area (Å²) in [6, 6.07) is 12.3. The number of nitrogens with one attached hydrogen (secondary N) is 1. The molecule has 0 aromatic heterocycles. The van der Waals surface area contributed by atoms with E-state index in [1.807, 2.05) is 4.90 Å². The minimum atomic E-state index is -0.506. The van der Waals surface area contributed by atoms with Crippen LogP contribution in [-0.4, -0.2) is 58.8 Å². The third kappa shape index (κ3) is 4.90. The predicted molar refractivity (Wildman–Crippen MR) is 110 cm³/mol. The van der Waals surface area contributed by atoms with E-state index in [1.165, 1.54) is 18.2 Å². The first-order valence-corrected chi connectivity index (χ1v) is 9.58. The Morgan fingerprint density at radius 1 is 1.10 bits per heavy atom. The largest absolute Gasteiger partial charge is 0.336 e. The number of amides is 2. The van der Waals surface area contributed by atoms with Gasteiger partial charge in [-0.05, 0) is 25.1 Å². The van der Waals surface area contributed by atoms with Gasteiger partial charge in [0.05, 0.1) is 21.6 Å². The monoisotopic (exact) mass is 416 g/mol. The molecule has 3 rings (SSSR count). The van der Waals surface area contributed by atoms with Gasteiger partial charge in [-0.1, -0.05) is 29.8 Å². The Morgan fingerprint density at radius 2 is 1.79 bits per heavy atom. The van der Waals surface area contributed by atoms with Crippen molar-refractivity contribution in [3.05, 3.63) is 69.2 Å². The van der Waals surface area contributed by atoms with Gasteiger partial charge in [-0.2, -0.15) is 0 Å². The van der Waals surface area contributed by atoms with E-state index < -0.39 is 11.0 Å². The highest BCUT2D eigenvalue weighted by Gasteiger charge is 2.28. The van der Waals surface area contributed by atoms with Gasteiger partial charge in [0.2, 0.25) is 5.91 Å². The summed E-state index contributed by atoms with van der Waals surface area (Å²) in [5.41, 5.74) is 0.768. The number of carbonyl (C=O) groups is 2. The number of hydrogen-bond donors (Lipinski definition) is 1. The SMILES string of the molecule is CC(C(=O)Nc1cccc([N+](=O)[O-])c1)N1CCN(C(=O)c2ccccc2Cl)CC1. The zero-order valence-corrected chi connectivity index (χ0v) is 16.6. The number of hydrogen-bond acceptors (Lipinski definition) is 5. The molecule has 1 N–H and O–H groups in total. The van der Waals surface area contributed by atoms with Crippen molar-refractivity contribution in [2.75, 3.05) is 31.5 Å². The third-order valence-electron chi connectivity index (χ3n) is 4.96. The van der Waals surface area contributed by atoms with Crippen LogP contribution in [0.3, 0.4) is 0 Å². The Labute approximate surface area is 173 Å². The van der Waals surface area contributed by atoms with E-state index in [2.05, 4.69) is 5.32 Å². The van der Waals surface area contributed by atoms with Gasteiger partial charge in [0.25, 0.3) is 11.6 Å². The number of nitro benzene ring substituents is 1. The Morgan fingerprint density at radius 3 is 2.45 bits per heavy atom. The lowest BCUT2D eigenvalue weighted by Gasteiger charge is -2.37. The summed E-state index contributed by atoms with van der Waals surface area (Å²) in [7, 11) is 0. The van der Waals surface area contributed by atoms with Crippen LogP contribution in [0.25, 0.3) is 0 Å². The van der Waals surface area contributed by atoms with Crippen LogP contribution in [0.4, 0.5) is 11.4 Å². The van der Waals surface area contributed by atoms with Crippen molar-refractivity contribution in [3.8, 4) is 0 Å². The maximum atomic E-state index is 12.6. The van der Waals surface area contributed by atoms with E-state index in [-0.39, 0.29) is 17.5 Å². The van der Waals surface area contributed by atoms with Crippen LogP contribution in [0.15, 0.2) is 48.5 Å². The van der Waals surface area contributed by atoms with Gasteiger partial charge in [-0.15, -0.1) is 0 Å². The average molecular weight is 417 g/mol. The molecule has 1 heterocycles. The summed E-state index contributed by atoms with van der Waals surface area (Å²) in [5, 5.41) is 14.0. The van der Waals surface area contributed by atoms with Crippen LogP contribution in [0.5, 0.6) is 0 Å². The molecular weight excluding hydrogens is 396 g/mol. The van der Waals surface area contributed by atoms with Gasteiger partial charge in [-0.3, -0.25) is 24.6 Å². The zero-order chi connectivity index (χ0) is 21.0. The van der Waals surface area contributed by atoms with Gasteiger partial charge < -0.3 is 10.2 Å². The van der Waals surface area contributed by atoms with Crippen LogP contribution < -0.4 is 5.32 Å². The number of nitro groups is 1. The van der Waals surface area contributed by atoms with Gasteiger partial charge in [0.15, 0.2) is 0 Å². The smallest absolute Gasteiger partial charge is 0.271 e. The maximum absolute atomic E-state index is 12.6. The number of non-ortho nitro benzene ring substituents is 1. The minimum absolute atomic E-state index is 0.0813. The number of nitrogens with zero attached hydrogens (tertiary/aromatic N) is 3. The second-order valence-electron chi connectivity index (χ2n) is 6.78. The molecule has 0 radical (unpaired) electrons. The van der Waals surface area contributed by atoms with E-state index in [0.717, 1.165) is 0 Å². The lowest BCUT2D eigenvalue weighted by atomic mass is 10.1. The quantitative estimate of drug-likeness (QED) is 0.597. The fourth-order valence-electron chi connectivity index (χ4n) is 3.23. The van der Waals surface area contributed by atoms with Crippen molar-refractivity contribution in [2.45, 2.75) is 13.0 Å². The summed E-state index contributed by atoms with van der Waals surface area (Å²) in [5.74, 6) is -0.375. The molecule has 9 heteroatoms. The fraction of sp³-hybridized carbons (Fsp3) is 0.300. The lowest BCUT2D eigenvalue weighted by molar-refractivity contribution is -0.384. The molecule has 2 aromatic carbocycles. The molecule has 2 aromatic rings. The zero-order valence-electron chi connectivity index (χ0n) is 15.9. The molecule has 1 atom stereocenters. The van der Waals surface area contributed by atoms with E-state index in [1.54, 1.807) is 42.2 Å². The van der Waals surface area contributed by atoms with Crippen LogP contribution in [-0.2, 0) is 4.79 Å². The van der Waals surface area contributed by atoms with E-state index >= 15 is 0 Å². The number of carbonyl (C=O) groups excluding carboxylic acids is 2. The highest BCUT2D eigenvalue weighted by atomic mass is 35.5. The predicted octanol–water partition coefficient (Wildman–Crippen LogP) is 3.03. The first-order valence-electron chi connectivity index (χ1n) is 9.20. The Hall–Kier alpha value is -2.97. The maximum Gasteiger partial charge on any atom is 0.271 e. The number of anilines is 1. The summed E-state index contributed by atoms with van der Waals surface area (Å²) >= 11 is 6.11. The first-order chi connectivity index (χ1) is 13.9. The molecule has 1 saturated heterocycles. The molecule has 1 aliphatic rings. The molecule has 1 unspecified atom stereocenters. The number of rotatable bonds is 5. The minimum Gasteiger partial charge on any atom is -0.336 e. The fourth-order valence-corrected chi connectivity index (χ4v) is 3.44. The van der Waals surface area contributed by atoms with Gasteiger partial charge in [0.1, 0.15) is 0 Å². The van der Waals surface area contributed by atoms with Crippen molar-refractivity contribution in [1.82, 2.24) is 9.80 Å². The molecule has 1 aliphatic heterocycles. The van der Waals surface area contributed by atoms with Gasteiger partial charge >= 0.3 is 0 Å². The van der Waals surface area contributed by atoms with E-state index in [4.69, 9.17) is 11.6 Å². The molecule has 29 heavy (non-hydrogen) atoms. The molecule has 152 valence electrons. The van der Waals surface area contributed by atoms with Crippen LogP contribution in [0, 0.1) is 10.1 Å². The van der Waals surface area contributed by atoms with Gasteiger partial charge in [-0.25, -0.2) is 0 Å². The molecule has 0 aliphatic carbocycles. The summed E-state index contributed by atoms with van der Waals surface area (Å²) in [4.78, 5) is 39.3. The third-order valence-corrected chi connectivity index (χ3v) is 5.29. The Kier molecular flexibility index (Phi) is 6.46. The molecule has 0 bridgehead atoms. The second kappa shape index (κ2) is 9.02. The molecule has 2 amide bonds. The number of halogens is 1. The first kappa shape index (κ1) is 20.8. The van der Waals surface area contributed by atoms with E-state index in [9.17, 15) is 19.7 Å². The van der Waals surface area contributed by atoms with Crippen molar-refractivity contribution in [3.63, 3.8) is 0 Å². The van der Waals surface area contributed by atoms with Crippen LogP contribution in [0.2, 0.25) is 5.02 Å². The van der Waals surface area contributed by atoms with Crippen molar-refractivity contribution >= 4 is 34.8 Å². The second-order valence-corrected chi connectivity index (χ2v) is 7.19. The van der Waals surface area contributed by atoms with Gasteiger partial charge in [0, 0.05) is 44.0 Å². The topological polar surface area (TPSA) is 95.8 Å². The number of piperazine rings is 1. The Bertz CT molecular complexity index is 928. The summed E-state index contributed by atoms with van der Waals surface area (Å²) < 4.78 is 0. The molecule has 0 saturated carbocycles. The average Bonchev–Trinajstić information content (AvgIpc) is 2.73. The number of benzene rings is 2. The standard InChI is InChI=1S/C20H21ClN4O4/c1-14(19(26)22-15-5-4-6-16(13-15)25(28)29)23-9-11-24(12-10-23)20(27)17-7-2-3-8-18(17)21/h2-8,13-14H,9-12H2,1H3,(H,22,26). The van der Waals surface area contributed by atoms with Crippen LogP contribution in [0.1, 0.15) is 17.3 Å². The summed E-state index contributed by atoms with van der Waals surface area (Å²) in [6.45, 7) is 3.83. The Balaban J connectivity index is 1.57. The lowest BCUT2D eigenvalue weighted by Crippen LogP contribution is -2.54. The van der Waals surface area contributed by atoms with Crippen molar-refractivity contribution in [2.24, 2.45) is 0 Å². The molecule has 0 spiro atoms. The highest BCUT2D eigenvalue weighted by molar-refractivity contribution is 6.33. The molecule has 8 nitrogen and oxygen atoms in total. The van der Waals surface area contributed by atoms with Crippen molar-refractivity contribution < 1.29 is 14.5 Å². The van der Waals surface area contributed by atoms with Crippen LogP contribution >= 0.6 is 11.6 Å². The molecular formula is C20H21ClN4O4. The van der Waals surface area contributed by atoms with E-state index in [0.29, 0.717) is 42.5 Å². The van der Waals surface area contributed by atoms with Crippen molar-refractivity contribution in [1.29, 1.82) is 0 Å². The molecule has 1 fully saturated rings.